The number of hydrogen-bond acceptors (Lipinski definition) is 5. The molecule has 1 radical (unpaired) electrons. The van der Waals surface area contributed by atoms with Crippen molar-refractivity contribution in [2.24, 2.45) is 0 Å². The van der Waals surface area contributed by atoms with Crippen LogP contribution in [0.15, 0.2) is 0 Å². The largest absolute Gasteiger partial charge is 5.00 e. The standard InChI is InChI=1S/5C3H7O.Mo/c5*1-3(2)4;/h5*3H,1-2H3;/q5*-1;+5. The van der Waals surface area contributed by atoms with Crippen LogP contribution in [0.2, 0.25) is 0 Å². The summed E-state index contributed by atoms with van der Waals surface area (Å²) in [6, 6.07) is 0. The molecule has 131 valence electrons. The SMILES string of the molecule is CC(C)[O-].CC(C)[O-].CC(C)[O-].CC(C)[O-].CC(C)[O-].[Mo+5]. The Bertz CT molecular complexity index is 80.6. The first-order valence-corrected chi connectivity index (χ1v) is 6.95. The monoisotopic (exact) mass is 393 g/mol. The van der Waals surface area contributed by atoms with E-state index in [0.717, 1.165) is 0 Å². The smallest absolute Gasteiger partial charge is 0.852 e. The van der Waals surface area contributed by atoms with Crippen molar-refractivity contribution >= 4 is 0 Å². The summed E-state index contributed by atoms with van der Waals surface area (Å²) in [6.45, 7) is 16.1. The maximum atomic E-state index is 9.53. The molecule has 0 unspecified atom stereocenters. The second kappa shape index (κ2) is 32.4. The van der Waals surface area contributed by atoms with Gasteiger partial charge in [0, 0.05) is 0 Å². The van der Waals surface area contributed by atoms with E-state index < -0.39 is 30.5 Å². The first-order chi connectivity index (χ1) is 8.66. The molecule has 0 aliphatic rings. The van der Waals surface area contributed by atoms with Crippen LogP contribution in [-0.2, 0) is 21.1 Å². The Hall–Kier alpha value is 0.488. The van der Waals surface area contributed by atoms with Crippen LogP contribution in [0.5, 0.6) is 0 Å². The van der Waals surface area contributed by atoms with Crippen LogP contribution < -0.4 is 25.5 Å². The Balaban J connectivity index is -0.0000000331. The summed E-state index contributed by atoms with van der Waals surface area (Å²) >= 11 is 0. The fourth-order valence-electron chi connectivity index (χ4n) is 0. The summed E-state index contributed by atoms with van der Waals surface area (Å²) in [7, 11) is 0. The summed E-state index contributed by atoms with van der Waals surface area (Å²) in [4.78, 5) is 0. The van der Waals surface area contributed by atoms with Gasteiger partial charge in [0.05, 0.1) is 0 Å². The molecule has 0 fully saturated rings. The minimum Gasteiger partial charge on any atom is -0.852 e. The van der Waals surface area contributed by atoms with Gasteiger partial charge in [0.1, 0.15) is 0 Å². The minimum atomic E-state index is -0.417. The molecule has 0 saturated carbocycles. The van der Waals surface area contributed by atoms with Gasteiger partial charge >= 0.3 is 21.1 Å². The Labute approximate surface area is 146 Å². The Morgan fingerprint density at radius 2 is 0.333 bits per heavy atom. The minimum absolute atomic E-state index is 0. The fourth-order valence-corrected chi connectivity index (χ4v) is 0. The molecule has 0 aromatic rings. The van der Waals surface area contributed by atoms with Gasteiger partial charge in [-0.1, -0.05) is 69.2 Å². The molecule has 6 heteroatoms. The number of rotatable bonds is 0. The van der Waals surface area contributed by atoms with Gasteiger partial charge < -0.3 is 25.5 Å². The van der Waals surface area contributed by atoms with Crippen LogP contribution >= 0.6 is 0 Å². The summed E-state index contributed by atoms with van der Waals surface area (Å²) in [5, 5.41) is 47.6. The average Bonchev–Trinajstić information content (AvgIpc) is 1.94. The average molecular weight is 391 g/mol. The maximum absolute atomic E-state index is 9.53. The molecule has 0 saturated heterocycles. The van der Waals surface area contributed by atoms with Crippen molar-refractivity contribution in [3.05, 3.63) is 0 Å². The van der Waals surface area contributed by atoms with Gasteiger partial charge in [-0.25, -0.2) is 0 Å². The van der Waals surface area contributed by atoms with Crippen molar-refractivity contribution in [1.29, 1.82) is 0 Å². The summed E-state index contributed by atoms with van der Waals surface area (Å²) in [6.07, 6.45) is -2.08. The zero-order valence-electron chi connectivity index (χ0n) is 15.3. The predicted octanol–water partition coefficient (Wildman–Crippen LogP) is -1.23. The molecular weight excluding hydrogens is 356 g/mol. The van der Waals surface area contributed by atoms with Gasteiger partial charge in [0.15, 0.2) is 0 Å². The van der Waals surface area contributed by atoms with E-state index in [4.69, 9.17) is 0 Å². The van der Waals surface area contributed by atoms with Gasteiger partial charge in [-0.3, -0.25) is 0 Å². The molecule has 0 bridgehead atoms. The van der Waals surface area contributed by atoms with E-state index in [1.54, 1.807) is 69.2 Å². The van der Waals surface area contributed by atoms with Gasteiger partial charge in [0.2, 0.25) is 0 Å². The molecule has 5 nitrogen and oxygen atoms in total. The van der Waals surface area contributed by atoms with Crippen molar-refractivity contribution in [3.8, 4) is 0 Å². The molecule has 21 heavy (non-hydrogen) atoms. The van der Waals surface area contributed by atoms with Crippen LogP contribution in [0.1, 0.15) is 69.2 Å². The van der Waals surface area contributed by atoms with Crippen molar-refractivity contribution in [2.75, 3.05) is 0 Å². The summed E-state index contributed by atoms with van der Waals surface area (Å²) < 4.78 is 0. The van der Waals surface area contributed by atoms with Crippen LogP contribution in [0, 0.1) is 0 Å². The van der Waals surface area contributed by atoms with Gasteiger partial charge in [0.25, 0.3) is 0 Å². The zero-order chi connectivity index (χ0) is 17.9. The van der Waals surface area contributed by atoms with Gasteiger partial charge in [-0.2, -0.15) is 0 Å². The van der Waals surface area contributed by atoms with E-state index >= 15 is 0 Å². The van der Waals surface area contributed by atoms with E-state index in [-0.39, 0.29) is 21.1 Å². The van der Waals surface area contributed by atoms with E-state index in [2.05, 4.69) is 0 Å². The summed E-state index contributed by atoms with van der Waals surface area (Å²) in [5.41, 5.74) is 0. The van der Waals surface area contributed by atoms with Gasteiger partial charge in [-0.15, -0.1) is 30.5 Å². The van der Waals surface area contributed by atoms with Crippen LogP contribution in [-0.4, -0.2) is 30.5 Å². The van der Waals surface area contributed by atoms with E-state index in [0.29, 0.717) is 0 Å². The normalized spacial score (nSPS) is 8.57. The van der Waals surface area contributed by atoms with Crippen molar-refractivity contribution in [2.45, 2.75) is 99.8 Å². The third kappa shape index (κ3) is 29400. The first-order valence-electron chi connectivity index (χ1n) is 6.95. The zero-order valence-corrected chi connectivity index (χ0v) is 17.3. The molecule has 0 aliphatic carbocycles. The predicted molar refractivity (Wildman–Crippen MR) is 75.7 cm³/mol. The van der Waals surface area contributed by atoms with E-state index in [1.807, 2.05) is 0 Å². The van der Waals surface area contributed by atoms with Crippen LogP contribution in [0.25, 0.3) is 0 Å². The Morgan fingerprint density at radius 3 is 0.333 bits per heavy atom. The van der Waals surface area contributed by atoms with E-state index in [1.165, 1.54) is 0 Å². The van der Waals surface area contributed by atoms with Crippen LogP contribution in [0.4, 0.5) is 0 Å². The van der Waals surface area contributed by atoms with Gasteiger partial charge in [-0.05, 0) is 0 Å². The van der Waals surface area contributed by atoms with Crippen molar-refractivity contribution in [3.63, 3.8) is 0 Å². The second-order valence-electron chi connectivity index (χ2n) is 5.24. The molecule has 0 aromatic carbocycles. The fraction of sp³-hybridized carbons (Fsp3) is 1.00. The molecule has 0 aliphatic heterocycles. The molecule has 0 N–H and O–H groups in total. The van der Waals surface area contributed by atoms with E-state index in [9.17, 15) is 25.5 Å². The van der Waals surface area contributed by atoms with Crippen molar-refractivity contribution < 1.29 is 46.6 Å². The number of hydrogen-bond donors (Lipinski definition) is 0. The first kappa shape index (κ1) is 37.6. The Kier molecular flexibility index (Phi) is 58.1. The van der Waals surface area contributed by atoms with Crippen molar-refractivity contribution in [1.82, 2.24) is 0 Å². The molecule has 0 amide bonds. The molecule has 0 atom stereocenters. The quantitative estimate of drug-likeness (QED) is 0.480. The molecule has 0 rings (SSSR count). The van der Waals surface area contributed by atoms with Crippen LogP contribution in [0.3, 0.4) is 0 Å². The topological polar surface area (TPSA) is 115 Å². The molecular formula is C15H35MoO5. The third-order valence-corrected chi connectivity index (χ3v) is 0. The Morgan fingerprint density at radius 1 is 0.333 bits per heavy atom. The summed E-state index contributed by atoms with van der Waals surface area (Å²) in [5.74, 6) is 0. The molecule has 0 aromatic heterocycles. The second-order valence-corrected chi connectivity index (χ2v) is 5.24. The molecule has 0 heterocycles. The molecule has 0 spiro atoms. The maximum Gasteiger partial charge on any atom is 5.00 e. The third-order valence-electron chi connectivity index (χ3n) is 0.